The molecule has 4 aromatic rings. The van der Waals surface area contributed by atoms with Crippen molar-refractivity contribution in [1.29, 1.82) is 0 Å². The number of aryl methyl sites for hydroxylation is 1. The Morgan fingerprint density at radius 3 is 2.63 bits per heavy atom. The number of hydroxylamine groups is 2. The van der Waals surface area contributed by atoms with E-state index in [9.17, 15) is 27.9 Å². The predicted molar refractivity (Wildman–Crippen MR) is 181 cm³/mol. The van der Waals surface area contributed by atoms with Gasteiger partial charge in [-0.25, -0.2) is 24.8 Å². The molecule has 2 atom stereocenters. The second-order valence-electron chi connectivity index (χ2n) is 11.7. The molecule has 51 heavy (non-hydrogen) atoms. The molecule has 1 saturated heterocycles. The van der Waals surface area contributed by atoms with Crippen molar-refractivity contribution in [2.24, 2.45) is 17.9 Å². The van der Waals surface area contributed by atoms with Crippen LogP contribution in [0, 0.1) is 0 Å². The number of carbonyl (C=O) groups excluding carboxylic acids is 2. The zero-order chi connectivity index (χ0) is 37.1. The smallest absolute Gasteiger partial charge is 0.418 e. The molecular weight excluding hydrogens is 713 g/mol. The summed E-state index contributed by atoms with van der Waals surface area (Å²) in [5, 5.41) is 21.7. The second kappa shape index (κ2) is 14.8. The first kappa shape index (κ1) is 36.9. The van der Waals surface area contributed by atoms with Crippen molar-refractivity contribution < 1.29 is 51.0 Å². The van der Waals surface area contributed by atoms with E-state index in [1.165, 1.54) is 19.2 Å². The minimum atomic E-state index is -5.03. The summed E-state index contributed by atoms with van der Waals surface area (Å²) < 4.78 is 45.2. The third-order valence-corrected chi connectivity index (χ3v) is 8.71. The number of carbonyl (C=O) groups is 3. The molecule has 1 aliphatic heterocycles. The number of hydrogen-bond acceptors (Lipinski definition) is 15. The first-order valence-electron chi connectivity index (χ1n) is 15.1. The summed E-state index contributed by atoms with van der Waals surface area (Å²) in [6, 6.07) is 9.19. The SMILES string of the molecule is C[n+]1c(Nc2ccc3cc(OC[C@H](O/N=C(\C(=O)N[C@@H]4C(=O)N(OS(=O)(=O)O)C4(C)C)c4csc(N)n4)C(=O)O)ccc3n2)ccn1CCCN. The lowest BCUT2D eigenvalue weighted by molar-refractivity contribution is -0.740. The quantitative estimate of drug-likeness (QED) is 0.0291. The molecule has 4 heterocycles. The Labute approximate surface area is 294 Å². The number of carboxylic acids is 1. The van der Waals surface area contributed by atoms with Crippen molar-refractivity contribution in [3.05, 3.63) is 53.7 Å². The normalized spacial score (nSPS) is 16.4. The number of carboxylic acid groups (broad SMARTS) is 1. The number of rotatable bonds is 16. The number of nitrogens with two attached hydrogens (primary N) is 2. The van der Waals surface area contributed by atoms with Gasteiger partial charge in [-0.15, -0.1) is 15.6 Å². The zero-order valence-corrected chi connectivity index (χ0v) is 29.0. The van der Waals surface area contributed by atoms with Gasteiger partial charge in [0.05, 0.1) is 17.6 Å². The maximum atomic E-state index is 13.3. The summed E-state index contributed by atoms with van der Waals surface area (Å²) in [6.07, 6.45) is 1.09. The van der Waals surface area contributed by atoms with E-state index in [2.05, 4.69) is 30.0 Å². The van der Waals surface area contributed by atoms with Gasteiger partial charge in [0.25, 0.3) is 17.9 Å². The summed E-state index contributed by atoms with van der Waals surface area (Å²) in [7, 11) is -3.10. The molecule has 0 unspecified atom stereocenters. The van der Waals surface area contributed by atoms with Crippen LogP contribution in [0.5, 0.6) is 5.75 Å². The Bertz CT molecular complexity index is 2100. The molecular formula is C29H35N10O10S2+. The van der Waals surface area contributed by atoms with Crippen LogP contribution in [0.2, 0.25) is 0 Å². The molecule has 0 saturated carbocycles. The number of fused-ring (bicyclic) bond motifs is 1. The van der Waals surface area contributed by atoms with E-state index in [1.807, 2.05) is 34.7 Å². The number of nitrogens with zero attached hydrogens (tertiary/aromatic N) is 6. The number of nitrogens with one attached hydrogen (secondary N) is 2. The average molecular weight is 748 g/mol. The standard InChI is InChI=1S/C29H34N10O10S2/c1-29(2)24(26(41)39(29)49-51(44,45)46)35-25(40)23(19-15-50-28(31)33-19)36-48-20(27(42)43)14-47-17-6-7-18-16(13-17)5-8-21(32-18)34-22-9-12-38(37(22)3)11-4-10-30/h5-9,12-13,15,20,24H,4,10-11,14,30H2,1-3H3,(H5,31,33,35,40,42,43,44,45,46)/p+1/b36-23-/t20-,24+/m0/s1. The van der Waals surface area contributed by atoms with Crippen LogP contribution in [0.4, 0.5) is 16.8 Å². The molecule has 20 nitrogen and oxygen atoms in total. The molecule has 1 aromatic carbocycles. The fourth-order valence-electron chi connectivity index (χ4n) is 4.95. The van der Waals surface area contributed by atoms with Crippen molar-refractivity contribution in [3.8, 4) is 5.75 Å². The average Bonchev–Trinajstić information content (AvgIpc) is 3.66. The fraction of sp³-hybridized carbons (Fsp3) is 0.345. The summed E-state index contributed by atoms with van der Waals surface area (Å²) in [6.45, 7) is 3.56. The Morgan fingerprint density at radius 2 is 1.98 bits per heavy atom. The maximum absolute atomic E-state index is 13.3. The van der Waals surface area contributed by atoms with Gasteiger partial charge in [0.2, 0.25) is 5.82 Å². The highest BCUT2D eigenvalue weighted by atomic mass is 32.3. The van der Waals surface area contributed by atoms with Gasteiger partial charge in [-0.1, -0.05) is 5.16 Å². The molecule has 2 amide bonds. The number of oxime groups is 1. The second-order valence-corrected chi connectivity index (χ2v) is 13.5. The van der Waals surface area contributed by atoms with Crippen LogP contribution in [0.15, 0.2) is 53.1 Å². The van der Waals surface area contributed by atoms with Crippen LogP contribution in [0.25, 0.3) is 10.9 Å². The van der Waals surface area contributed by atoms with E-state index >= 15 is 0 Å². The molecule has 1 fully saturated rings. The Morgan fingerprint density at radius 1 is 1.22 bits per heavy atom. The number of β-lactam (4-membered cyclic amide) rings is 1. The lowest BCUT2D eigenvalue weighted by Crippen LogP contribution is -2.76. The highest BCUT2D eigenvalue weighted by Crippen LogP contribution is 2.33. The minimum Gasteiger partial charge on any atom is -0.489 e. The van der Waals surface area contributed by atoms with Gasteiger partial charge in [0.15, 0.2) is 10.8 Å². The number of aliphatic carboxylic acids is 1. The van der Waals surface area contributed by atoms with Crippen molar-refractivity contribution in [2.75, 3.05) is 24.2 Å². The number of benzene rings is 1. The Kier molecular flexibility index (Phi) is 10.7. The number of nitrogen functional groups attached to an aromatic ring is 1. The van der Waals surface area contributed by atoms with Gasteiger partial charge in [-0.2, -0.15) is 18.2 Å². The number of pyridine rings is 1. The topological polar surface area (TPSA) is 280 Å². The molecule has 0 bridgehead atoms. The van der Waals surface area contributed by atoms with E-state index in [1.54, 1.807) is 24.3 Å². The molecule has 272 valence electrons. The van der Waals surface area contributed by atoms with Gasteiger partial charge in [-0.3, -0.25) is 14.1 Å². The number of amides is 2. The monoisotopic (exact) mass is 747 g/mol. The predicted octanol–water partition coefficient (Wildman–Crippen LogP) is 0.0848. The van der Waals surface area contributed by atoms with Crippen molar-refractivity contribution in [3.63, 3.8) is 0 Å². The van der Waals surface area contributed by atoms with Crippen LogP contribution in [0.1, 0.15) is 26.0 Å². The van der Waals surface area contributed by atoms with Gasteiger partial charge in [0, 0.05) is 29.1 Å². The number of thiazole rings is 1. The molecule has 8 N–H and O–H groups in total. The van der Waals surface area contributed by atoms with Crippen LogP contribution in [-0.4, -0.2) is 92.1 Å². The Hall–Kier alpha value is -5.42. The third kappa shape index (κ3) is 8.49. The van der Waals surface area contributed by atoms with Crippen LogP contribution >= 0.6 is 11.3 Å². The van der Waals surface area contributed by atoms with Crippen molar-refractivity contribution in [1.82, 2.24) is 25.0 Å². The number of anilines is 3. The lowest BCUT2D eigenvalue weighted by atomic mass is 9.84. The molecule has 5 rings (SSSR count). The number of ether oxygens (including phenoxy) is 1. The van der Waals surface area contributed by atoms with E-state index < -0.39 is 58.2 Å². The summed E-state index contributed by atoms with van der Waals surface area (Å²) >= 11 is 0.955. The van der Waals surface area contributed by atoms with E-state index in [0.717, 1.165) is 30.1 Å². The van der Waals surface area contributed by atoms with Crippen LogP contribution in [0.3, 0.4) is 0 Å². The van der Waals surface area contributed by atoms with Crippen LogP contribution in [-0.2, 0) is 47.5 Å². The molecule has 0 aliphatic carbocycles. The molecule has 0 spiro atoms. The van der Waals surface area contributed by atoms with E-state index in [-0.39, 0.29) is 10.8 Å². The Balaban J connectivity index is 1.26. The van der Waals surface area contributed by atoms with Gasteiger partial charge in [-0.05, 0) is 51.1 Å². The van der Waals surface area contributed by atoms with Gasteiger partial charge >= 0.3 is 22.2 Å². The first-order valence-corrected chi connectivity index (χ1v) is 17.4. The molecule has 1 aliphatic rings. The van der Waals surface area contributed by atoms with Crippen LogP contribution < -0.4 is 31.5 Å². The maximum Gasteiger partial charge on any atom is 0.418 e. The highest BCUT2D eigenvalue weighted by molar-refractivity contribution is 7.80. The molecule has 3 aromatic heterocycles. The number of aromatic nitrogens is 4. The van der Waals surface area contributed by atoms with E-state index in [4.69, 9.17) is 25.6 Å². The summed E-state index contributed by atoms with van der Waals surface area (Å²) in [4.78, 5) is 51.7. The summed E-state index contributed by atoms with van der Waals surface area (Å²) in [5.41, 5.74) is 9.92. The first-order chi connectivity index (χ1) is 24.1. The zero-order valence-electron chi connectivity index (χ0n) is 27.4. The van der Waals surface area contributed by atoms with Gasteiger partial charge < -0.3 is 31.5 Å². The fourth-order valence-corrected chi connectivity index (χ4v) is 5.95. The third-order valence-electron chi connectivity index (χ3n) is 7.70. The van der Waals surface area contributed by atoms with Gasteiger partial charge in [0.1, 0.15) is 31.1 Å². The summed E-state index contributed by atoms with van der Waals surface area (Å²) in [5.74, 6) is -1.75. The minimum absolute atomic E-state index is 0.0523. The highest BCUT2D eigenvalue weighted by Gasteiger charge is 2.58. The van der Waals surface area contributed by atoms with Crippen molar-refractivity contribution >= 4 is 72.9 Å². The molecule has 0 radical (unpaired) electrons. The lowest BCUT2D eigenvalue weighted by Gasteiger charge is -2.50. The molecule has 22 heteroatoms. The largest absolute Gasteiger partial charge is 0.489 e. The number of hydrogen-bond donors (Lipinski definition) is 6. The van der Waals surface area contributed by atoms with Crippen molar-refractivity contribution in [2.45, 2.75) is 44.5 Å². The van der Waals surface area contributed by atoms with E-state index in [0.29, 0.717) is 34.1 Å².